The fraction of sp³-hybridized carbons (Fsp3) is 0.455. The SMILES string of the molecule is O=C(NC1CCN(CCC2CCOc3ccccc32)CC1)c1ccncc1. The summed E-state index contributed by atoms with van der Waals surface area (Å²) < 4.78 is 5.78. The monoisotopic (exact) mass is 365 g/mol. The van der Waals surface area contributed by atoms with E-state index in [1.165, 1.54) is 12.0 Å². The largest absolute Gasteiger partial charge is 0.493 e. The van der Waals surface area contributed by atoms with Gasteiger partial charge in [0.05, 0.1) is 6.61 Å². The third-order valence-corrected chi connectivity index (χ3v) is 5.74. The number of fused-ring (bicyclic) bond motifs is 1. The highest BCUT2D eigenvalue weighted by Gasteiger charge is 2.24. The lowest BCUT2D eigenvalue weighted by molar-refractivity contribution is 0.0909. The van der Waals surface area contributed by atoms with Crippen LogP contribution in [0.5, 0.6) is 5.75 Å². The smallest absolute Gasteiger partial charge is 0.251 e. The van der Waals surface area contributed by atoms with E-state index in [4.69, 9.17) is 4.74 Å². The van der Waals surface area contributed by atoms with Crippen LogP contribution in [-0.4, -0.2) is 48.1 Å². The molecule has 1 aromatic carbocycles. The number of nitrogens with one attached hydrogen (secondary N) is 1. The van der Waals surface area contributed by atoms with E-state index in [-0.39, 0.29) is 11.9 Å². The highest BCUT2D eigenvalue weighted by molar-refractivity contribution is 5.94. The predicted molar refractivity (Wildman–Crippen MR) is 105 cm³/mol. The lowest BCUT2D eigenvalue weighted by Crippen LogP contribution is -2.45. The third-order valence-electron chi connectivity index (χ3n) is 5.74. The quantitative estimate of drug-likeness (QED) is 0.884. The number of ether oxygens (including phenoxy) is 1. The molecule has 1 saturated heterocycles. The number of hydrogen-bond donors (Lipinski definition) is 1. The Hall–Kier alpha value is -2.40. The number of pyridine rings is 1. The van der Waals surface area contributed by atoms with Gasteiger partial charge in [-0.25, -0.2) is 0 Å². The van der Waals surface area contributed by atoms with Crippen molar-refractivity contribution < 1.29 is 9.53 Å². The number of nitrogens with zero attached hydrogens (tertiary/aromatic N) is 2. The minimum absolute atomic E-state index is 0.00895. The molecule has 0 aliphatic carbocycles. The van der Waals surface area contributed by atoms with Gasteiger partial charge >= 0.3 is 0 Å². The van der Waals surface area contributed by atoms with Crippen molar-refractivity contribution in [3.05, 3.63) is 59.9 Å². The molecular weight excluding hydrogens is 338 g/mol. The number of likely N-dealkylation sites (tertiary alicyclic amines) is 1. The van der Waals surface area contributed by atoms with Gasteiger partial charge in [0.2, 0.25) is 0 Å². The maximum Gasteiger partial charge on any atom is 0.251 e. The molecule has 2 aliphatic rings. The van der Waals surface area contributed by atoms with Crippen LogP contribution in [0, 0.1) is 0 Å². The predicted octanol–water partition coefficient (Wildman–Crippen LogP) is 3.23. The molecule has 0 spiro atoms. The molecule has 0 saturated carbocycles. The summed E-state index contributed by atoms with van der Waals surface area (Å²) in [5, 5.41) is 3.16. The van der Waals surface area contributed by atoms with Gasteiger partial charge < -0.3 is 15.0 Å². The second kappa shape index (κ2) is 8.53. The second-order valence-electron chi connectivity index (χ2n) is 7.49. The molecule has 27 heavy (non-hydrogen) atoms. The number of rotatable bonds is 5. The number of aromatic nitrogens is 1. The van der Waals surface area contributed by atoms with E-state index in [0.29, 0.717) is 11.5 Å². The first-order valence-corrected chi connectivity index (χ1v) is 9.94. The van der Waals surface area contributed by atoms with Gasteiger partial charge in [-0.2, -0.15) is 0 Å². The molecular formula is C22H27N3O2. The molecule has 5 heteroatoms. The van der Waals surface area contributed by atoms with Crippen molar-refractivity contribution in [1.82, 2.24) is 15.2 Å². The molecule has 1 atom stereocenters. The van der Waals surface area contributed by atoms with E-state index in [2.05, 4.69) is 33.4 Å². The first kappa shape index (κ1) is 18.0. The maximum absolute atomic E-state index is 12.3. The van der Waals surface area contributed by atoms with E-state index < -0.39 is 0 Å². The fourth-order valence-corrected chi connectivity index (χ4v) is 4.13. The molecule has 1 fully saturated rings. The highest BCUT2D eigenvalue weighted by atomic mass is 16.5. The summed E-state index contributed by atoms with van der Waals surface area (Å²) in [7, 11) is 0. The zero-order chi connectivity index (χ0) is 18.5. The van der Waals surface area contributed by atoms with Crippen molar-refractivity contribution in [2.45, 2.75) is 37.6 Å². The van der Waals surface area contributed by atoms with Crippen LogP contribution in [0.4, 0.5) is 0 Å². The number of hydrogen-bond acceptors (Lipinski definition) is 4. The minimum atomic E-state index is 0.00895. The molecule has 4 rings (SSSR count). The number of para-hydroxylation sites is 1. The molecule has 1 aromatic heterocycles. The normalized spacial score (nSPS) is 20.5. The molecule has 3 heterocycles. The lowest BCUT2D eigenvalue weighted by atomic mass is 9.90. The fourth-order valence-electron chi connectivity index (χ4n) is 4.13. The van der Waals surface area contributed by atoms with Crippen molar-refractivity contribution in [2.24, 2.45) is 0 Å². The van der Waals surface area contributed by atoms with Gasteiger partial charge in [0, 0.05) is 37.1 Å². The number of carbonyl (C=O) groups is 1. The Bertz CT molecular complexity index is 757. The van der Waals surface area contributed by atoms with Gasteiger partial charge in [-0.15, -0.1) is 0 Å². The summed E-state index contributed by atoms with van der Waals surface area (Å²) in [5.41, 5.74) is 2.05. The van der Waals surface area contributed by atoms with Crippen LogP contribution in [0.25, 0.3) is 0 Å². The van der Waals surface area contributed by atoms with Crippen molar-refractivity contribution in [1.29, 1.82) is 0 Å². The molecule has 5 nitrogen and oxygen atoms in total. The Morgan fingerprint density at radius 2 is 1.89 bits per heavy atom. The van der Waals surface area contributed by atoms with Gasteiger partial charge in [0.15, 0.2) is 0 Å². The zero-order valence-corrected chi connectivity index (χ0v) is 15.6. The summed E-state index contributed by atoms with van der Waals surface area (Å²) in [4.78, 5) is 18.8. The van der Waals surface area contributed by atoms with Gasteiger partial charge in [-0.3, -0.25) is 9.78 Å². The van der Waals surface area contributed by atoms with E-state index >= 15 is 0 Å². The molecule has 2 aliphatic heterocycles. The molecule has 2 aromatic rings. The second-order valence-corrected chi connectivity index (χ2v) is 7.49. The number of amides is 1. The topological polar surface area (TPSA) is 54.5 Å². The van der Waals surface area contributed by atoms with Crippen LogP contribution < -0.4 is 10.1 Å². The average Bonchev–Trinajstić information content (AvgIpc) is 2.74. The summed E-state index contributed by atoms with van der Waals surface area (Å²) in [5.74, 6) is 1.67. The van der Waals surface area contributed by atoms with Crippen molar-refractivity contribution in [3.8, 4) is 5.75 Å². The summed E-state index contributed by atoms with van der Waals surface area (Å²) in [6.07, 6.45) is 7.63. The first-order valence-electron chi connectivity index (χ1n) is 9.94. The van der Waals surface area contributed by atoms with Crippen LogP contribution in [0.15, 0.2) is 48.8 Å². The molecule has 0 bridgehead atoms. The summed E-state index contributed by atoms with van der Waals surface area (Å²) in [6.45, 7) is 4.03. The summed E-state index contributed by atoms with van der Waals surface area (Å²) in [6, 6.07) is 12.2. The van der Waals surface area contributed by atoms with Gasteiger partial charge in [0.25, 0.3) is 5.91 Å². The Labute approximate surface area is 160 Å². The van der Waals surface area contributed by atoms with Crippen LogP contribution in [0.1, 0.15) is 47.5 Å². The van der Waals surface area contributed by atoms with Crippen molar-refractivity contribution >= 4 is 5.91 Å². The summed E-state index contributed by atoms with van der Waals surface area (Å²) >= 11 is 0. The first-order chi connectivity index (χ1) is 13.3. The molecule has 1 N–H and O–H groups in total. The Balaban J connectivity index is 1.23. The van der Waals surface area contributed by atoms with Crippen LogP contribution >= 0.6 is 0 Å². The van der Waals surface area contributed by atoms with Gasteiger partial charge in [-0.05, 0) is 61.9 Å². The molecule has 1 amide bonds. The molecule has 1 unspecified atom stereocenters. The molecule has 142 valence electrons. The Morgan fingerprint density at radius 3 is 2.70 bits per heavy atom. The molecule has 0 radical (unpaired) electrons. The van der Waals surface area contributed by atoms with E-state index in [1.807, 2.05) is 6.07 Å². The number of benzene rings is 1. The standard InChI is InChI=1S/C22H27N3O2/c26-22(18-5-11-23-12-6-18)24-19-8-14-25(15-9-19)13-7-17-10-16-27-21-4-2-1-3-20(17)21/h1-6,11-12,17,19H,7-10,13-16H2,(H,24,26). The maximum atomic E-state index is 12.3. The third kappa shape index (κ3) is 4.48. The lowest BCUT2D eigenvalue weighted by Gasteiger charge is -2.34. The van der Waals surface area contributed by atoms with E-state index in [1.54, 1.807) is 24.5 Å². The average molecular weight is 365 g/mol. The minimum Gasteiger partial charge on any atom is -0.493 e. The van der Waals surface area contributed by atoms with Crippen LogP contribution in [-0.2, 0) is 0 Å². The van der Waals surface area contributed by atoms with Crippen LogP contribution in [0.2, 0.25) is 0 Å². The van der Waals surface area contributed by atoms with E-state index in [9.17, 15) is 4.79 Å². The number of piperidine rings is 1. The van der Waals surface area contributed by atoms with Gasteiger partial charge in [-0.1, -0.05) is 18.2 Å². The Morgan fingerprint density at radius 1 is 1.11 bits per heavy atom. The van der Waals surface area contributed by atoms with E-state index in [0.717, 1.165) is 51.3 Å². The van der Waals surface area contributed by atoms with Crippen molar-refractivity contribution in [3.63, 3.8) is 0 Å². The van der Waals surface area contributed by atoms with Crippen molar-refractivity contribution in [2.75, 3.05) is 26.2 Å². The van der Waals surface area contributed by atoms with Crippen LogP contribution in [0.3, 0.4) is 0 Å². The number of carbonyl (C=O) groups excluding carboxylic acids is 1. The Kier molecular flexibility index (Phi) is 5.68. The zero-order valence-electron chi connectivity index (χ0n) is 15.6. The van der Waals surface area contributed by atoms with Gasteiger partial charge in [0.1, 0.15) is 5.75 Å². The highest BCUT2D eigenvalue weighted by Crippen LogP contribution is 2.35.